The van der Waals surface area contributed by atoms with Crippen molar-refractivity contribution in [2.75, 3.05) is 19.1 Å². The third-order valence-corrected chi connectivity index (χ3v) is 5.27. The summed E-state index contributed by atoms with van der Waals surface area (Å²) in [6.07, 6.45) is 2.94. The fraction of sp³-hybridized carbons (Fsp3) is 0.120. The number of pyridine rings is 1. The fourth-order valence-corrected chi connectivity index (χ4v) is 3.53. The highest BCUT2D eigenvalue weighted by atomic mass is 19.1. The Morgan fingerprint density at radius 3 is 2.73 bits per heavy atom. The monoisotopic (exact) mass is 445 g/mol. The lowest BCUT2D eigenvalue weighted by atomic mass is 9.92. The number of ketones is 1. The number of hydrogen-bond acceptors (Lipinski definition) is 5. The molecule has 0 fully saturated rings. The minimum Gasteiger partial charge on any atom is -0.481 e. The third kappa shape index (κ3) is 4.50. The summed E-state index contributed by atoms with van der Waals surface area (Å²) in [6.45, 7) is 0.242. The summed E-state index contributed by atoms with van der Waals surface area (Å²) in [5, 5.41) is 2.80. The summed E-state index contributed by atoms with van der Waals surface area (Å²) in [6, 6.07) is 13.7. The van der Waals surface area contributed by atoms with E-state index in [2.05, 4.69) is 10.3 Å². The molecular weight excluding hydrogens is 425 g/mol. The molecule has 3 aromatic rings. The van der Waals surface area contributed by atoms with Crippen LogP contribution in [0.2, 0.25) is 0 Å². The molecule has 0 saturated heterocycles. The number of nitrogens with zero attached hydrogens (tertiary/aromatic N) is 2. The van der Waals surface area contributed by atoms with Gasteiger partial charge in [0, 0.05) is 37.0 Å². The van der Waals surface area contributed by atoms with Gasteiger partial charge in [-0.25, -0.2) is 9.37 Å². The van der Waals surface area contributed by atoms with Crippen molar-refractivity contribution in [2.45, 2.75) is 6.54 Å². The summed E-state index contributed by atoms with van der Waals surface area (Å²) in [5.74, 6) is -1.44. The normalized spacial score (nSPS) is 14.3. The average molecular weight is 445 g/mol. The molecule has 0 unspecified atom stereocenters. The highest BCUT2D eigenvalue weighted by Gasteiger charge is 2.33. The van der Waals surface area contributed by atoms with Gasteiger partial charge in [0.1, 0.15) is 5.82 Å². The van der Waals surface area contributed by atoms with E-state index < -0.39 is 17.5 Å². The Labute approximate surface area is 189 Å². The molecule has 0 saturated carbocycles. The van der Waals surface area contributed by atoms with Crippen LogP contribution in [-0.4, -0.2) is 36.7 Å². The van der Waals surface area contributed by atoms with E-state index in [0.717, 1.165) is 5.56 Å². The number of carbonyl (C=O) groups is 3. The number of ether oxygens (including phenoxy) is 1. The first-order valence-corrected chi connectivity index (χ1v) is 10.1. The number of fused-ring (bicyclic) bond motifs is 1. The number of Topliss-reactive ketones (excluding diaryl/α,β-unsaturated/α-hetero) is 1. The first-order valence-electron chi connectivity index (χ1n) is 10.1. The molecule has 0 aliphatic carbocycles. The van der Waals surface area contributed by atoms with Gasteiger partial charge in [0.05, 0.1) is 18.4 Å². The van der Waals surface area contributed by atoms with E-state index in [0.29, 0.717) is 17.1 Å². The predicted molar refractivity (Wildman–Crippen MR) is 121 cm³/mol. The van der Waals surface area contributed by atoms with Crippen molar-refractivity contribution in [3.05, 3.63) is 94.4 Å². The standard InChI is InChI=1S/C25H20FN3O4/c1-29-21-7-6-17(24(31)28-14-16-8-9-27-22(12-16)33-2)13-19(21)23(30)20(25(29)32)11-15-4-3-5-18(26)10-15/h3-13H,14H2,1-2H3,(H,28,31). The van der Waals surface area contributed by atoms with Crippen LogP contribution in [0.5, 0.6) is 5.88 Å². The van der Waals surface area contributed by atoms with E-state index >= 15 is 0 Å². The van der Waals surface area contributed by atoms with E-state index in [4.69, 9.17) is 4.74 Å². The number of halogens is 1. The number of amides is 2. The smallest absolute Gasteiger partial charge is 0.262 e. The van der Waals surface area contributed by atoms with Crippen LogP contribution in [0.15, 0.2) is 66.4 Å². The molecule has 1 aliphatic heterocycles. The number of methoxy groups -OCH3 is 1. The van der Waals surface area contributed by atoms with E-state index in [1.54, 1.807) is 43.6 Å². The molecular formula is C25H20FN3O4. The molecule has 2 aromatic carbocycles. The molecule has 2 amide bonds. The number of likely N-dealkylation sites (N-methyl/N-ethyl adjacent to an activating group) is 1. The second-order valence-electron chi connectivity index (χ2n) is 7.43. The van der Waals surface area contributed by atoms with Crippen molar-refractivity contribution in [1.82, 2.24) is 10.3 Å². The zero-order valence-corrected chi connectivity index (χ0v) is 18.0. The number of aromatic nitrogens is 1. The van der Waals surface area contributed by atoms with Crippen LogP contribution in [0.1, 0.15) is 31.8 Å². The van der Waals surface area contributed by atoms with Crippen molar-refractivity contribution in [1.29, 1.82) is 0 Å². The average Bonchev–Trinajstić information content (AvgIpc) is 2.83. The predicted octanol–water partition coefficient (Wildman–Crippen LogP) is 3.40. The number of rotatable bonds is 5. The van der Waals surface area contributed by atoms with Gasteiger partial charge in [-0.2, -0.15) is 0 Å². The molecule has 0 bridgehead atoms. The maximum atomic E-state index is 13.5. The highest BCUT2D eigenvalue weighted by Crippen LogP contribution is 2.31. The highest BCUT2D eigenvalue weighted by molar-refractivity contribution is 6.36. The molecule has 8 heteroatoms. The molecule has 2 heterocycles. The molecule has 1 aromatic heterocycles. The molecule has 4 rings (SSSR count). The van der Waals surface area contributed by atoms with Crippen LogP contribution in [0, 0.1) is 5.82 Å². The number of carbonyl (C=O) groups excluding carboxylic acids is 3. The molecule has 0 atom stereocenters. The van der Waals surface area contributed by atoms with Crippen molar-refractivity contribution in [2.24, 2.45) is 0 Å². The van der Waals surface area contributed by atoms with E-state index in [9.17, 15) is 18.8 Å². The summed E-state index contributed by atoms with van der Waals surface area (Å²) in [7, 11) is 3.05. The Hall–Kier alpha value is -4.33. The van der Waals surface area contributed by atoms with E-state index in [1.165, 1.54) is 42.4 Å². The van der Waals surface area contributed by atoms with Crippen LogP contribution >= 0.6 is 0 Å². The van der Waals surface area contributed by atoms with Gasteiger partial charge in [-0.05, 0) is 53.6 Å². The van der Waals surface area contributed by atoms with Gasteiger partial charge in [0.15, 0.2) is 0 Å². The Morgan fingerprint density at radius 1 is 1.15 bits per heavy atom. The Balaban J connectivity index is 1.60. The van der Waals surface area contributed by atoms with E-state index in [-0.39, 0.29) is 29.2 Å². The Morgan fingerprint density at radius 2 is 1.97 bits per heavy atom. The van der Waals surface area contributed by atoms with E-state index in [1.807, 2.05) is 0 Å². The lowest BCUT2D eigenvalue weighted by Crippen LogP contribution is -2.37. The summed E-state index contributed by atoms with van der Waals surface area (Å²) in [5.41, 5.74) is 1.99. The number of nitrogens with one attached hydrogen (secondary N) is 1. The van der Waals surface area contributed by atoms with Crippen molar-refractivity contribution in [3.8, 4) is 5.88 Å². The van der Waals surface area contributed by atoms with Gasteiger partial charge in [0.25, 0.3) is 11.8 Å². The maximum Gasteiger partial charge on any atom is 0.262 e. The summed E-state index contributed by atoms with van der Waals surface area (Å²) < 4.78 is 18.6. The number of benzene rings is 2. The second kappa shape index (κ2) is 9.04. The van der Waals surface area contributed by atoms with Gasteiger partial charge in [-0.1, -0.05) is 12.1 Å². The number of hydrogen-bond donors (Lipinski definition) is 1. The van der Waals surface area contributed by atoms with Crippen LogP contribution in [0.25, 0.3) is 6.08 Å². The minimum absolute atomic E-state index is 0.1000. The Bertz CT molecular complexity index is 1300. The van der Waals surface area contributed by atoms with Gasteiger partial charge in [0.2, 0.25) is 11.7 Å². The summed E-state index contributed by atoms with van der Waals surface area (Å²) in [4.78, 5) is 44.0. The van der Waals surface area contributed by atoms with Crippen molar-refractivity contribution in [3.63, 3.8) is 0 Å². The van der Waals surface area contributed by atoms with Gasteiger partial charge < -0.3 is 15.0 Å². The maximum absolute atomic E-state index is 13.5. The van der Waals surface area contributed by atoms with Gasteiger partial charge in [-0.3, -0.25) is 14.4 Å². The van der Waals surface area contributed by atoms with Crippen molar-refractivity contribution < 1.29 is 23.5 Å². The van der Waals surface area contributed by atoms with Crippen LogP contribution in [0.4, 0.5) is 10.1 Å². The second-order valence-corrected chi connectivity index (χ2v) is 7.43. The number of anilines is 1. The first-order chi connectivity index (χ1) is 15.9. The lowest BCUT2D eigenvalue weighted by molar-refractivity contribution is -0.114. The first kappa shape index (κ1) is 21.9. The lowest BCUT2D eigenvalue weighted by Gasteiger charge is -2.27. The zero-order valence-electron chi connectivity index (χ0n) is 18.0. The molecule has 0 spiro atoms. The van der Waals surface area contributed by atoms with Gasteiger partial charge >= 0.3 is 0 Å². The van der Waals surface area contributed by atoms with Crippen LogP contribution in [0.3, 0.4) is 0 Å². The van der Waals surface area contributed by atoms with Crippen LogP contribution in [-0.2, 0) is 11.3 Å². The largest absolute Gasteiger partial charge is 0.481 e. The minimum atomic E-state index is -0.522. The molecule has 33 heavy (non-hydrogen) atoms. The SMILES string of the molecule is COc1cc(CNC(=O)c2ccc3c(c2)C(=O)C(=Cc2cccc(F)c2)C(=O)N3C)ccn1. The Kier molecular flexibility index (Phi) is 5.99. The third-order valence-electron chi connectivity index (χ3n) is 5.27. The topological polar surface area (TPSA) is 88.6 Å². The fourth-order valence-electron chi connectivity index (χ4n) is 3.53. The zero-order chi connectivity index (χ0) is 23.5. The molecule has 166 valence electrons. The summed E-state index contributed by atoms with van der Waals surface area (Å²) >= 11 is 0. The quantitative estimate of drug-likeness (QED) is 0.480. The molecule has 0 radical (unpaired) electrons. The van der Waals surface area contributed by atoms with Crippen molar-refractivity contribution >= 4 is 29.4 Å². The van der Waals surface area contributed by atoms with Crippen LogP contribution < -0.4 is 15.0 Å². The van der Waals surface area contributed by atoms with Gasteiger partial charge in [-0.15, -0.1) is 0 Å². The molecule has 1 N–H and O–H groups in total. The molecule has 1 aliphatic rings. The molecule has 7 nitrogen and oxygen atoms in total.